The minimum Gasteiger partial charge on any atom is -0.478 e. The third-order valence-corrected chi connectivity index (χ3v) is 18.0. The van der Waals surface area contributed by atoms with Crippen LogP contribution in [-0.2, 0) is 41.8 Å². The number of carboxylic acids is 1. The predicted molar refractivity (Wildman–Crippen MR) is 322 cm³/mol. The Bertz CT molecular complexity index is 3600. The first-order valence-corrected chi connectivity index (χ1v) is 35.6. The van der Waals surface area contributed by atoms with Crippen molar-refractivity contribution in [2.24, 2.45) is 19.8 Å². The summed E-state index contributed by atoms with van der Waals surface area (Å²) in [6.45, 7) is 21.6. The Balaban J connectivity index is 0.000000188. The van der Waals surface area contributed by atoms with Crippen LogP contribution >= 0.6 is 23.2 Å². The molecule has 4 atom stereocenters. The molecule has 82 heavy (non-hydrogen) atoms. The summed E-state index contributed by atoms with van der Waals surface area (Å²) in [7, 11) is 1.17. The van der Waals surface area contributed by atoms with E-state index in [2.05, 4.69) is 74.6 Å². The molecule has 6 aromatic heterocycles. The van der Waals surface area contributed by atoms with Crippen LogP contribution in [0.5, 0.6) is 0 Å². The summed E-state index contributed by atoms with van der Waals surface area (Å²) < 4.78 is 44.8. The van der Waals surface area contributed by atoms with Crippen molar-refractivity contribution in [3.63, 3.8) is 0 Å². The van der Waals surface area contributed by atoms with Crippen molar-refractivity contribution in [3.8, 4) is 22.8 Å². The van der Waals surface area contributed by atoms with E-state index in [4.69, 9.17) is 43.4 Å². The maximum atomic E-state index is 13.7. The molecule has 2 aliphatic heterocycles. The lowest BCUT2D eigenvalue weighted by Gasteiger charge is -2.20. The highest BCUT2D eigenvalue weighted by Crippen LogP contribution is 2.32. The van der Waals surface area contributed by atoms with Crippen molar-refractivity contribution in [2.75, 3.05) is 45.9 Å². The highest BCUT2D eigenvalue weighted by Gasteiger charge is 2.31. The molecule has 8 heterocycles. The molecule has 0 aliphatic carbocycles. The van der Waals surface area contributed by atoms with Crippen LogP contribution in [0, 0.1) is 0 Å². The van der Waals surface area contributed by atoms with Crippen molar-refractivity contribution in [3.05, 3.63) is 82.4 Å². The molecule has 0 spiro atoms. The van der Waals surface area contributed by atoms with Gasteiger partial charge in [0, 0.05) is 109 Å². The van der Waals surface area contributed by atoms with Crippen LogP contribution in [-0.4, -0.2) is 168 Å². The van der Waals surface area contributed by atoms with Crippen molar-refractivity contribution in [1.29, 1.82) is 0 Å². The number of fused-ring (bicyclic) bond motifs is 4. The molecule has 2 amide bonds. The number of aromatic nitrogens is 10. The molecule has 0 unspecified atom stereocenters. The maximum Gasteiger partial charge on any atom is 0.339 e. The second-order valence-electron chi connectivity index (χ2n) is 23.6. The molecule has 2 aliphatic rings. The monoisotopic (exact) mass is 1200 g/mol. The molecule has 0 saturated carbocycles. The predicted octanol–water partition coefficient (Wildman–Crippen LogP) is 9.67. The second-order valence-corrected chi connectivity index (χ2v) is 35.8. The van der Waals surface area contributed by atoms with Gasteiger partial charge >= 0.3 is 5.97 Å². The van der Waals surface area contributed by atoms with E-state index in [9.17, 15) is 28.3 Å². The summed E-state index contributed by atoms with van der Waals surface area (Å²) in [5.74, 6) is -1.85. The zero-order valence-corrected chi connectivity index (χ0v) is 51.7. The number of nitrogens with zero attached hydrogens (tertiary/aromatic N) is 12. The van der Waals surface area contributed by atoms with Gasteiger partial charge in [0.15, 0.2) is 11.3 Å². The molecule has 26 heteroatoms. The molecule has 2 aromatic carbocycles. The van der Waals surface area contributed by atoms with Crippen LogP contribution in [0.4, 0.5) is 8.78 Å². The highest BCUT2D eigenvalue weighted by molar-refractivity contribution is 6.76. The van der Waals surface area contributed by atoms with Crippen molar-refractivity contribution >= 4 is 101 Å². The summed E-state index contributed by atoms with van der Waals surface area (Å²) in [6, 6.07) is 12.4. The van der Waals surface area contributed by atoms with Crippen molar-refractivity contribution in [1.82, 2.24) is 63.7 Å². The van der Waals surface area contributed by atoms with Gasteiger partial charge in [-0.1, -0.05) is 62.5 Å². The van der Waals surface area contributed by atoms with Crippen molar-refractivity contribution < 1.29 is 37.7 Å². The largest absolute Gasteiger partial charge is 0.478 e. The molecule has 2 fully saturated rings. The lowest BCUT2D eigenvalue weighted by molar-refractivity contribution is -0.131. The lowest BCUT2D eigenvalue weighted by atomic mass is 10.1. The topological polar surface area (TPSA) is 231 Å². The van der Waals surface area contributed by atoms with Gasteiger partial charge < -0.3 is 39.7 Å². The number of benzene rings is 2. The Morgan fingerprint density at radius 1 is 0.744 bits per heavy atom. The third-order valence-electron chi connectivity index (χ3n) is 14.1. The zero-order chi connectivity index (χ0) is 59.4. The van der Waals surface area contributed by atoms with E-state index in [-0.39, 0.29) is 43.1 Å². The molecule has 0 bridgehead atoms. The smallest absolute Gasteiger partial charge is 0.339 e. The number of aryl methyl sites for hydroxylation is 2. The maximum absolute atomic E-state index is 13.7. The number of carbonyl (C=O) groups excluding carboxylic acids is 2. The van der Waals surface area contributed by atoms with Crippen LogP contribution in [0.15, 0.2) is 61.2 Å². The van der Waals surface area contributed by atoms with Gasteiger partial charge in [-0.05, 0) is 75.2 Å². The van der Waals surface area contributed by atoms with E-state index in [1.54, 1.807) is 56.1 Å². The highest BCUT2D eigenvalue weighted by atomic mass is 35.5. The number of aromatic carboxylic acids is 1. The SMILES string of the molecule is C[C@@H](N)CN1CC[C@@H](F)C1.C[C@@H](NC(=O)c1cn(COCC[Si](C)(C)C)c2ncc(-c3nn(C)c4cc(Cl)ccc34)nc12)C(=O)N1CC[C@@H](F)C1.Cn1nc(-c2cnc3c(n2)c(C(=O)O)cn3COCC[Si](C)(C)C)c2ccc(Cl)cc21. The summed E-state index contributed by atoms with van der Waals surface area (Å²) >= 11 is 12.3. The average Bonchev–Trinajstić information content (AvgIpc) is 4.44. The molecular formula is C56H74Cl2F2N14O6Si2. The first-order valence-electron chi connectivity index (χ1n) is 27.4. The first kappa shape index (κ1) is 61.8. The Kier molecular flexibility index (Phi) is 19.7. The fraction of sp³-hybridized carbons (Fsp3) is 0.482. The van der Waals surface area contributed by atoms with Crippen LogP contribution in [0.1, 0.15) is 47.4 Å². The third kappa shape index (κ3) is 15.3. The molecule has 20 nitrogen and oxygen atoms in total. The number of carbonyl (C=O) groups is 3. The molecular weight excluding hydrogens is 1130 g/mol. The van der Waals surface area contributed by atoms with E-state index in [0.29, 0.717) is 94.3 Å². The van der Waals surface area contributed by atoms with Gasteiger partial charge in [-0.25, -0.2) is 33.5 Å². The van der Waals surface area contributed by atoms with E-state index in [0.717, 1.165) is 47.0 Å². The van der Waals surface area contributed by atoms with Gasteiger partial charge in [-0.3, -0.25) is 23.9 Å². The number of hydrogen-bond donors (Lipinski definition) is 3. The number of halogens is 4. The normalized spacial score (nSPS) is 16.6. The number of amides is 2. The number of hydrogen-bond acceptors (Lipinski definition) is 13. The van der Waals surface area contributed by atoms with E-state index < -0.39 is 46.4 Å². The first-order chi connectivity index (χ1) is 38.7. The molecule has 4 N–H and O–H groups in total. The standard InChI is InChI=1S/C28H35ClFN7O3Si.C21H24ClN5O3Si.C7H15FN2/c1-17(28(39)36-9-8-19(30)14-36)32-27(38)21-15-37(16-40-10-11-41(3,4)5)26-25(21)33-22(13-31-26)24-20-7-6-18(29)12-23(20)35(2)34-24;1-26-17-9-13(22)5-6-14(17)18(25-26)16-10-23-20-19(24-16)15(21(28)29)11-27(20)12-30-7-8-31(2,3)4;1-6(9)4-10-3-2-7(8)5-10/h6-7,12-13,15,17,19H,8-11,14,16H2,1-5H3,(H,32,38);5-6,9-11H,7-8,12H2,1-4H3,(H,28,29);6-7H,2-5,9H2,1H3/t17-,19-;;6-,7-/m1.1/s1. The van der Waals surface area contributed by atoms with Gasteiger partial charge in [-0.2, -0.15) is 10.2 Å². The Morgan fingerprint density at radius 3 is 1.66 bits per heavy atom. The summed E-state index contributed by atoms with van der Waals surface area (Å²) in [4.78, 5) is 60.4. The number of likely N-dealkylation sites (tertiary alicyclic amines) is 2. The average molecular weight is 1200 g/mol. The second kappa shape index (κ2) is 26.1. The van der Waals surface area contributed by atoms with Gasteiger partial charge in [0.2, 0.25) is 5.91 Å². The number of ether oxygens (including phenoxy) is 2. The van der Waals surface area contributed by atoms with Gasteiger partial charge in [-0.15, -0.1) is 0 Å². The molecule has 10 rings (SSSR count). The quantitative estimate of drug-likeness (QED) is 0.0537. The van der Waals surface area contributed by atoms with Crippen LogP contribution < -0.4 is 11.1 Å². The Hall–Kier alpha value is -6.26. The van der Waals surface area contributed by atoms with E-state index in [1.807, 2.05) is 45.3 Å². The molecule has 440 valence electrons. The van der Waals surface area contributed by atoms with E-state index in [1.165, 1.54) is 11.1 Å². The summed E-state index contributed by atoms with van der Waals surface area (Å²) in [6.07, 6.45) is 5.78. The number of rotatable bonds is 18. The summed E-state index contributed by atoms with van der Waals surface area (Å²) in [5, 5.41) is 24.6. The number of nitrogens with one attached hydrogen (secondary N) is 1. The fourth-order valence-electron chi connectivity index (χ4n) is 9.66. The van der Waals surface area contributed by atoms with Gasteiger partial charge in [0.1, 0.15) is 71.2 Å². The molecule has 2 saturated heterocycles. The van der Waals surface area contributed by atoms with Crippen LogP contribution in [0.3, 0.4) is 0 Å². The minimum atomic E-state index is -1.28. The van der Waals surface area contributed by atoms with Gasteiger partial charge in [0.25, 0.3) is 5.91 Å². The number of carboxylic acid groups (broad SMARTS) is 1. The number of nitrogens with two attached hydrogens (primary N) is 1. The fourth-order valence-corrected chi connectivity index (χ4v) is 11.5. The molecule has 8 aromatic rings. The minimum absolute atomic E-state index is 0.0468. The van der Waals surface area contributed by atoms with Gasteiger partial charge in [0.05, 0.1) is 35.5 Å². The van der Waals surface area contributed by atoms with E-state index >= 15 is 0 Å². The lowest BCUT2D eigenvalue weighted by Crippen LogP contribution is -2.46. The summed E-state index contributed by atoms with van der Waals surface area (Å²) in [5.41, 5.74) is 11.4. The number of alkyl halides is 2. The van der Waals surface area contributed by atoms with Crippen LogP contribution in [0.25, 0.3) is 66.9 Å². The Labute approximate surface area is 487 Å². The molecule has 0 radical (unpaired) electrons. The Morgan fingerprint density at radius 2 is 1.22 bits per heavy atom. The zero-order valence-electron chi connectivity index (χ0n) is 48.2. The van der Waals surface area contributed by atoms with Crippen LogP contribution in [0.2, 0.25) is 61.4 Å². The van der Waals surface area contributed by atoms with Crippen molar-refractivity contribution in [2.45, 2.75) is 116 Å².